The van der Waals surface area contributed by atoms with E-state index >= 15 is 0 Å². The number of ether oxygens (including phenoxy) is 1. The van der Waals surface area contributed by atoms with Gasteiger partial charge in [0, 0.05) is 24.1 Å². The fourth-order valence-corrected chi connectivity index (χ4v) is 2.66. The van der Waals surface area contributed by atoms with Crippen molar-refractivity contribution in [1.82, 2.24) is 10.2 Å². The van der Waals surface area contributed by atoms with Crippen molar-refractivity contribution < 1.29 is 23.5 Å². The summed E-state index contributed by atoms with van der Waals surface area (Å²) in [5.74, 6) is -2.08. The second-order valence-electron chi connectivity index (χ2n) is 5.95. The van der Waals surface area contributed by atoms with Crippen LogP contribution in [0.25, 0.3) is 0 Å². The first-order valence-corrected chi connectivity index (χ1v) is 9.68. The molecule has 0 fully saturated rings. The molecule has 0 atom stereocenters. The van der Waals surface area contributed by atoms with E-state index in [1.807, 2.05) is 30.5 Å². The Balaban J connectivity index is 1.72. The van der Waals surface area contributed by atoms with Crippen molar-refractivity contribution in [2.45, 2.75) is 11.4 Å². The van der Waals surface area contributed by atoms with E-state index in [1.54, 1.807) is 18.8 Å². The number of rotatable bonds is 8. The monoisotopic (exact) mass is 404 g/mol. The van der Waals surface area contributed by atoms with Crippen LogP contribution in [0.4, 0.5) is 4.39 Å². The molecule has 2 aromatic carbocycles. The fraction of sp³-hybridized carbons (Fsp3) is 0.250. The van der Waals surface area contributed by atoms with Crippen molar-refractivity contribution in [3.05, 3.63) is 65.5 Å². The summed E-state index contributed by atoms with van der Waals surface area (Å²) in [6, 6.07) is 12.7. The highest BCUT2D eigenvalue weighted by Crippen LogP contribution is 2.15. The van der Waals surface area contributed by atoms with E-state index in [0.717, 1.165) is 22.6 Å². The number of esters is 1. The molecule has 0 unspecified atom stereocenters. The van der Waals surface area contributed by atoms with Gasteiger partial charge in [0.2, 0.25) is 0 Å². The van der Waals surface area contributed by atoms with E-state index in [2.05, 4.69) is 5.32 Å². The van der Waals surface area contributed by atoms with Crippen molar-refractivity contribution in [3.8, 4) is 0 Å². The van der Waals surface area contributed by atoms with E-state index in [9.17, 15) is 18.8 Å². The van der Waals surface area contributed by atoms with Crippen molar-refractivity contribution in [3.63, 3.8) is 0 Å². The molecule has 0 aliphatic rings. The largest absolute Gasteiger partial charge is 0.454 e. The quantitative estimate of drug-likeness (QED) is 0.540. The van der Waals surface area contributed by atoms with Gasteiger partial charge in [0.15, 0.2) is 6.61 Å². The van der Waals surface area contributed by atoms with Gasteiger partial charge in [-0.1, -0.05) is 12.1 Å². The van der Waals surface area contributed by atoms with Crippen LogP contribution < -0.4 is 5.32 Å². The van der Waals surface area contributed by atoms with E-state index < -0.39 is 24.3 Å². The van der Waals surface area contributed by atoms with E-state index in [4.69, 9.17) is 4.74 Å². The van der Waals surface area contributed by atoms with Gasteiger partial charge in [0.1, 0.15) is 12.4 Å². The van der Waals surface area contributed by atoms with E-state index in [-0.39, 0.29) is 18.0 Å². The van der Waals surface area contributed by atoms with Crippen LogP contribution in [0.1, 0.15) is 15.9 Å². The molecule has 0 aliphatic heterocycles. The molecular formula is C20H21FN2O4S. The number of nitrogens with zero attached hydrogens (tertiary/aromatic N) is 1. The Hall–Kier alpha value is -2.87. The lowest BCUT2D eigenvalue weighted by molar-refractivity contribution is -0.150. The maximum absolute atomic E-state index is 12.8. The minimum atomic E-state index is -0.735. The number of likely N-dealkylation sites (N-methyl/N-ethyl adjacent to an activating group) is 1. The van der Waals surface area contributed by atoms with Gasteiger partial charge >= 0.3 is 5.97 Å². The van der Waals surface area contributed by atoms with E-state index in [1.165, 1.54) is 17.0 Å². The first-order valence-electron chi connectivity index (χ1n) is 8.45. The molecule has 0 aliphatic carbocycles. The molecule has 0 saturated carbocycles. The number of carbonyl (C=O) groups excluding carboxylic acids is 3. The number of hydrogen-bond donors (Lipinski definition) is 1. The van der Waals surface area contributed by atoms with Crippen molar-refractivity contribution in [2.24, 2.45) is 0 Å². The zero-order valence-corrected chi connectivity index (χ0v) is 16.4. The first-order chi connectivity index (χ1) is 13.4. The minimum absolute atomic E-state index is 0.220. The van der Waals surface area contributed by atoms with Crippen molar-refractivity contribution in [2.75, 3.05) is 26.5 Å². The summed E-state index contributed by atoms with van der Waals surface area (Å²) in [6.07, 6.45) is 1.99. The third kappa shape index (κ3) is 6.70. The van der Waals surface area contributed by atoms with Gasteiger partial charge in [-0.3, -0.25) is 14.4 Å². The summed E-state index contributed by atoms with van der Waals surface area (Å²) >= 11 is 1.64. The minimum Gasteiger partial charge on any atom is -0.454 e. The second-order valence-corrected chi connectivity index (χ2v) is 6.83. The lowest BCUT2D eigenvalue weighted by Crippen LogP contribution is -2.34. The molecule has 0 spiro atoms. The highest BCUT2D eigenvalue weighted by molar-refractivity contribution is 7.98. The number of carbonyl (C=O) groups is 3. The van der Waals surface area contributed by atoms with Crippen LogP contribution in [-0.4, -0.2) is 49.1 Å². The Morgan fingerprint density at radius 2 is 1.71 bits per heavy atom. The molecule has 28 heavy (non-hydrogen) atoms. The number of amides is 2. The lowest BCUT2D eigenvalue weighted by Gasteiger charge is -2.17. The molecule has 6 nitrogen and oxygen atoms in total. The molecule has 2 amide bonds. The number of thioether (sulfide) groups is 1. The average Bonchev–Trinajstić information content (AvgIpc) is 2.71. The molecular weight excluding hydrogens is 383 g/mol. The molecule has 1 N–H and O–H groups in total. The predicted octanol–water partition coefficient (Wildman–Crippen LogP) is 2.48. The van der Waals surface area contributed by atoms with Gasteiger partial charge < -0.3 is 15.0 Å². The van der Waals surface area contributed by atoms with Gasteiger partial charge in [-0.15, -0.1) is 11.8 Å². The Morgan fingerprint density at radius 1 is 1.07 bits per heavy atom. The smallest absolute Gasteiger partial charge is 0.325 e. The summed E-state index contributed by atoms with van der Waals surface area (Å²) in [5.41, 5.74) is 1.18. The Morgan fingerprint density at radius 3 is 2.32 bits per heavy atom. The third-order valence-corrected chi connectivity index (χ3v) is 4.60. The van der Waals surface area contributed by atoms with Gasteiger partial charge in [0.05, 0.1) is 0 Å². The Bertz CT molecular complexity index is 825. The molecule has 8 heteroatoms. The summed E-state index contributed by atoms with van der Waals surface area (Å²) in [6.45, 7) is -0.402. The molecule has 2 aromatic rings. The summed E-state index contributed by atoms with van der Waals surface area (Å²) < 4.78 is 17.7. The van der Waals surface area contributed by atoms with Gasteiger partial charge in [-0.2, -0.15) is 0 Å². The third-order valence-electron chi connectivity index (χ3n) is 3.86. The maximum atomic E-state index is 12.8. The number of hydrogen-bond acceptors (Lipinski definition) is 5. The highest BCUT2D eigenvalue weighted by Gasteiger charge is 2.14. The van der Waals surface area contributed by atoms with Crippen LogP contribution in [0.3, 0.4) is 0 Å². The predicted molar refractivity (Wildman–Crippen MR) is 104 cm³/mol. The van der Waals surface area contributed by atoms with Crippen LogP contribution in [0, 0.1) is 5.82 Å². The SMILES string of the molecule is CSc1ccc(CN(C)C(=O)COC(=O)CNC(=O)c2ccc(F)cc2)cc1. The summed E-state index contributed by atoms with van der Waals surface area (Å²) in [5, 5.41) is 2.36. The zero-order chi connectivity index (χ0) is 20.5. The van der Waals surface area contributed by atoms with Gasteiger partial charge in [0.25, 0.3) is 11.8 Å². The highest BCUT2D eigenvalue weighted by atomic mass is 32.2. The van der Waals surface area contributed by atoms with Crippen molar-refractivity contribution >= 4 is 29.5 Å². The van der Waals surface area contributed by atoms with Crippen molar-refractivity contribution in [1.29, 1.82) is 0 Å². The number of benzene rings is 2. The van der Waals surface area contributed by atoms with Gasteiger partial charge in [-0.05, 0) is 48.2 Å². The summed E-state index contributed by atoms with van der Waals surface area (Å²) in [7, 11) is 1.62. The van der Waals surface area contributed by atoms with E-state index in [0.29, 0.717) is 6.54 Å². The Labute approximate surface area is 167 Å². The van der Waals surface area contributed by atoms with Crippen LogP contribution in [0.5, 0.6) is 0 Å². The number of halogens is 1. The maximum Gasteiger partial charge on any atom is 0.325 e. The summed E-state index contributed by atoms with van der Waals surface area (Å²) in [4.78, 5) is 38.2. The molecule has 0 aromatic heterocycles. The molecule has 0 saturated heterocycles. The molecule has 0 heterocycles. The second kappa shape index (κ2) is 10.5. The Kier molecular flexibility index (Phi) is 8.01. The molecule has 148 valence electrons. The normalized spacial score (nSPS) is 10.2. The van der Waals surface area contributed by atoms with Gasteiger partial charge in [-0.25, -0.2) is 4.39 Å². The van der Waals surface area contributed by atoms with Crippen LogP contribution in [-0.2, 0) is 20.9 Å². The average molecular weight is 404 g/mol. The lowest BCUT2D eigenvalue weighted by atomic mass is 10.2. The fourth-order valence-electron chi connectivity index (χ4n) is 2.25. The molecule has 2 rings (SSSR count). The van der Waals surface area contributed by atoms with Crippen LogP contribution in [0.2, 0.25) is 0 Å². The van der Waals surface area contributed by atoms with Crippen LogP contribution in [0.15, 0.2) is 53.4 Å². The topological polar surface area (TPSA) is 75.7 Å². The molecule has 0 radical (unpaired) electrons. The molecule has 0 bridgehead atoms. The first kappa shape index (κ1) is 21.4. The van der Waals surface area contributed by atoms with Crippen LogP contribution >= 0.6 is 11.8 Å². The number of nitrogens with one attached hydrogen (secondary N) is 1. The zero-order valence-electron chi connectivity index (χ0n) is 15.6. The standard InChI is InChI=1S/C20H21FN2O4S/c1-23(12-14-3-9-17(28-2)10-4-14)18(24)13-27-19(25)11-22-20(26)15-5-7-16(21)8-6-15/h3-10H,11-13H2,1-2H3,(H,22,26).